The number of aromatic nitrogens is 1. The monoisotopic (exact) mass is 560 g/mol. The third-order valence-electron chi connectivity index (χ3n) is 8.68. The molecule has 3 aliphatic rings. The number of aryl methyl sites for hydroxylation is 1. The third kappa shape index (κ3) is 5.70. The summed E-state index contributed by atoms with van der Waals surface area (Å²) < 4.78 is 31.7. The minimum atomic E-state index is -5.08. The first-order valence-corrected chi connectivity index (χ1v) is 13.5. The second-order valence-corrected chi connectivity index (χ2v) is 10.9. The van der Waals surface area contributed by atoms with E-state index < -0.39 is 12.1 Å². The zero-order valence-corrected chi connectivity index (χ0v) is 22.8. The molecule has 40 heavy (non-hydrogen) atoms. The first-order valence-electron chi connectivity index (χ1n) is 13.5. The fourth-order valence-corrected chi connectivity index (χ4v) is 6.58. The van der Waals surface area contributed by atoms with E-state index >= 15 is 0 Å². The molecule has 216 valence electrons. The Kier molecular flexibility index (Phi) is 8.53. The van der Waals surface area contributed by atoms with Gasteiger partial charge in [-0.1, -0.05) is 24.3 Å². The van der Waals surface area contributed by atoms with Gasteiger partial charge in [0.2, 0.25) is 5.91 Å². The van der Waals surface area contributed by atoms with E-state index in [2.05, 4.69) is 22.9 Å². The number of aliphatic carboxylic acids is 1. The predicted octanol–water partition coefficient (Wildman–Crippen LogP) is 4.00. The average Bonchev–Trinajstić information content (AvgIpc) is 3.41. The van der Waals surface area contributed by atoms with Crippen molar-refractivity contribution < 1.29 is 32.7 Å². The maximum atomic E-state index is 13.7. The van der Waals surface area contributed by atoms with Gasteiger partial charge in [-0.3, -0.25) is 19.5 Å². The molecule has 3 aliphatic heterocycles. The highest BCUT2D eigenvalue weighted by atomic mass is 19.4. The van der Waals surface area contributed by atoms with Gasteiger partial charge in [0.05, 0.1) is 5.41 Å². The summed E-state index contributed by atoms with van der Waals surface area (Å²) in [6.07, 6.45) is 1.34. The van der Waals surface area contributed by atoms with E-state index in [0.29, 0.717) is 5.91 Å². The zero-order valence-electron chi connectivity index (χ0n) is 22.8. The van der Waals surface area contributed by atoms with E-state index in [1.807, 2.05) is 53.3 Å². The van der Waals surface area contributed by atoms with Crippen molar-refractivity contribution in [1.29, 1.82) is 0 Å². The van der Waals surface area contributed by atoms with Crippen molar-refractivity contribution >= 4 is 17.8 Å². The third-order valence-corrected chi connectivity index (χ3v) is 8.68. The number of halogens is 3. The lowest BCUT2D eigenvalue weighted by molar-refractivity contribution is -0.192. The SMILES string of the molecule is CCN1CCC2(CN(Cc3cccnc3)CC23CCN(C(=O)c2ccccc2C)CC3)C1=O.O=C(O)C(F)(F)F. The fourth-order valence-electron chi connectivity index (χ4n) is 6.58. The van der Waals surface area contributed by atoms with E-state index in [4.69, 9.17) is 9.90 Å². The van der Waals surface area contributed by atoms with Gasteiger partial charge >= 0.3 is 12.1 Å². The number of amides is 2. The normalized spacial score (nSPS) is 22.5. The van der Waals surface area contributed by atoms with Gasteiger partial charge in [0, 0.05) is 69.2 Å². The maximum absolute atomic E-state index is 13.7. The Morgan fingerprint density at radius 3 is 2.25 bits per heavy atom. The number of piperidine rings is 1. The van der Waals surface area contributed by atoms with Gasteiger partial charge in [0.25, 0.3) is 5.91 Å². The zero-order chi connectivity index (χ0) is 29.1. The molecule has 4 heterocycles. The van der Waals surface area contributed by atoms with Gasteiger partial charge in [0.1, 0.15) is 0 Å². The quantitative estimate of drug-likeness (QED) is 0.608. The smallest absolute Gasteiger partial charge is 0.475 e. The maximum Gasteiger partial charge on any atom is 0.490 e. The highest BCUT2D eigenvalue weighted by Crippen LogP contribution is 2.58. The van der Waals surface area contributed by atoms with Gasteiger partial charge in [-0.15, -0.1) is 0 Å². The Hall–Kier alpha value is -3.47. The van der Waals surface area contributed by atoms with Crippen LogP contribution in [0.5, 0.6) is 0 Å². The summed E-state index contributed by atoms with van der Waals surface area (Å²) in [5.41, 5.74) is 2.60. The molecule has 3 saturated heterocycles. The Bertz CT molecular complexity index is 1230. The number of carboxylic acids is 1. The first kappa shape index (κ1) is 29.5. The molecule has 1 aromatic heterocycles. The van der Waals surface area contributed by atoms with E-state index in [0.717, 1.165) is 76.2 Å². The van der Waals surface area contributed by atoms with Gasteiger partial charge in [0.15, 0.2) is 0 Å². The van der Waals surface area contributed by atoms with Crippen molar-refractivity contribution in [2.45, 2.75) is 45.8 Å². The molecule has 2 aromatic rings. The van der Waals surface area contributed by atoms with Crippen molar-refractivity contribution in [3.8, 4) is 0 Å². The van der Waals surface area contributed by atoms with Crippen LogP contribution in [0.3, 0.4) is 0 Å². The number of nitrogens with zero attached hydrogens (tertiary/aromatic N) is 4. The van der Waals surface area contributed by atoms with E-state index in [9.17, 15) is 22.8 Å². The van der Waals surface area contributed by atoms with Crippen LogP contribution in [0.2, 0.25) is 0 Å². The lowest BCUT2D eigenvalue weighted by Crippen LogP contribution is -2.53. The molecule has 0 aliphatic carbocycles. The minimum absolute atomic E-state index is 0.0707. The summed E-state index contributed by atoms with van der Waals surface area (Å²) in [5, 5.41) is 7.12. The number of pyridine rings is 1. The molecule has 3 fully saturated rings. The molecule has 1 unspecified atom stereocenters. The van der Waals surface area contributed by atoms with Crippen LogP contribution in [-0.2, 0) is 16.1 Å². The molecular weight excluding hydrogens is 525 g/mol. The predicted molar refractivity (Wildman–Crippen MR) is 141 cm³/mol. The number of likely N-dealkylation sites (tertiary alicyclic amines) is 3. The Balaban J connectivity index is 0.000000470. The molecule has 1 atom stereocenters. The summed E-state index contributed by atoms with van der Waals surface area (Å²) in [6, 6.07) is 11.9. The standard InChI is InChI=1S/C27H34N4O2.C2HF3O2/c1-3-30-16-12-27(25(30)33)20-29(18-22-8-6-13-28-17-22)19-26(27)10-14-31(15-11-26)24(32)23-9-5-4-7-21(23)2;3-2(4,5)1(6)7/h4-9,13,17H,3,10-12,14-16,18-20H2,1-2H3;(H,6,7). The molecule has 1 aromatic carbocycles. The number of hydrogen-bond donors (Lipinski definition) is 1. The van der Waals surface area contributed by atoms with Crippen molar-refractivity contribution in [2.75, 3.05) is 39.3 Å². The van der Waals surface area contributed by atoms with Crippen LogP contribution < -0.4 is 0 Å². The topological polar surface area (TPSA) is 94.0 Å². The Labute approximate surface area is 231 Å². The van der Waals surface area contributed by atoms with Crippen LogP contribution in [0.4, 0.5) is 13.2 Å². The number of carbonyl (C=O) groups excluding carboxylic acids is 2. The number of hydrogen-bond acceptors (Lipinski definition) is 5. The second-order valence-electron chi connectivity index (χ2n) is 10.9. The lowest BCUT2D eigenvalue weighted by atomic mass is 9.60. The number of carboxylic acid groups (broad SMARTS) is 1. The van der Waals surface area contributed by atoms with Crippen LogP contribution in [0, 0.1) is 17.8 Å². The Morgan fingerprint density at radius 2 is 1.70 bits per heavy atom. The van der Waals surface area contributed by atoms with Crippen LogP contribution in [0.25, 0.3) is 0 Å². The van der Waals surface area contributed by atoms with Crippen LogP contribution in [0.1, 0.15) is 47.7 Å². The highest BCUT2D eigenvalue weighted by molar-refractivity contribution is 5.95. The summed E-state index contributed by atoms with van der Waals surface area (Å²) in [5.74, 6) is -2.31. The van der Waals surface area contributed by atoms with Gasteiger partial charge in [-0.2, -0.15) is 13.2 Å². The molecule has 8 nitrogen and oxygen atoms in total. The van der Waals surface area contributed by atoms with Crippen molar-refractivity contribution in [3.63, 3.8) is 0 Å². The second kappa shape index (κ2) is 11.6. The number of carbonyl (C=O) groups is 3. The summed E-state index contributed by atoms with van der Waals surface area (Å²) in [4.78, 5) is 46.6. The van der Waals surface area contributed by atoms with E-state index in [1.54, 1.807) is 6.20 Å². The minimum Gasteiger partial charge on any atom is -0.475 e. The Morgan fingerprint density at radius 1 is 1.02 bits per heavy atom. The van der Waals surface area contributed by atoms with E-state index in [-0.39, 0.29) is 16.7 Å². The molecule has 0 radical (unpaired) electrons. The van der Waals surface area contributed by atoms with Gasteiger partial charge in [-0.25, -0.2) is 4.79 Å². The van der Waals surface area contributed by atoms with Crippen LogP contribution >= 0.6 is 0 Å². The molecule has 2 amide bonds. The number of fused-ring (bicyclic) bond motifs is 1. The highest BCUT2D eigenvalue weighted by Gasteiger charge is 2.65. The molecule has 5 rings (SSSR count). The van der Waals surface area contributed by atoms with Crippen LogP contribution in [-0.4, -0.2) is 88.0 Å². The summed E-state index contributed by atoms with van der Waals surface area (Å²) >= 11 is 0. The van der Waals surface area contributed by atoms with Crippen molar-refractivity contribution in [2.24, 2.45) is 10.8 Å². The molecule has 0 saturated carbocycles. The van der Waals surface area contributed by atoms with Crippen LogP contribution in [0.15, 0.2) is 48.8 Å². The largest absolute Gasteiger partial charge is 0.490 e. The molecule has 2 spiro atoms. The molecular formula is C29H35F3N4O4. The summed E-state index contributed by atoms with van der Waals surface area (Å²) in [6.45, 7) is 9.68. The molecule has 1 N–H and O–H groups in total. The lowest BCUT2D eigenvalue weighted by Gasteiger charge is -2.47. The van der Waals surface area contributed by atoms with E-state index in [1.165, 1.54) is 5.56 Å². The van der Waals surface area contributed by atoms with Crippen molar-refractivity contribution in [3.05, 3.63) is 65.5 Å². The van der Waals surface area contributed by atoms with Crippen molar-refractivity contribution in [1.82, 2.24) is 19.7 Å². The molecule has 11 heteroatoms. The average molecular weight is 561 g/mol. The number of rotatable bonds is 4. The van der Waals surface area contributed by atoms with Gasteiger partial charge in [-0.05, 0) is 56.4 Å². The summed E-state index contributed by atoms with van der Waals surface area (Å²) in [7, 11) is 0. The first-order chi connectivity index (χ1) is 18.9. The number of benzene rings is 1. The number of alkyl halides is 3. The molecule has 0 bridgehead atoms. The fraction of sp³-hybridized carbons (Fsp3) is 0.517. The van der Waals surface area contributed by atoms with Gasteiger partial charge < -0.3 is 14.9 Å².